The molecule has 1 fully saturated rings. The Morgan fingerprint density at radius 1 is 1.42 bits per heavy atom. The van der Waals surface area contributed by atoms with E-state index < -0.39 is 23.2 Å². The molecule has 0 bridgehead atoms. The first-order valence-corrected chi connectivity index (χ1v) is 6.40. The smallest absolute Gasteiger partial charge is 0.411 e. The summed E-state index contributed by atoms with van der Waals surface area (Å²) in [6.07, 6.45) is 6.55. The lowest BCUT2D eigenvalue weighted by atomic mass is 9.84. The summed E-state index contributed by atoms with van der Waals surface area (Å²) in [4.78, 5) is 25.1. The molecule has 106 valence electrons. The summed E-state index contributed by atoms with van der Waals surface area (Å²) in [5.74, 6) is 1.32. The Bertz CT molecular complexity index is 405. The number of carboxylic acids is 1. The number of carbonyl (C=O) groups excluding carboxylic acids is 1. The summed E-state index contributed by atoms with van der Waals surface area (Å²) in [7, 11) is 0. The van der Waals surface area contributed by atoms with Gasteiger partial charge in [0.2, 0.25) is 0 Å². The van der Waals surface area contributed by atoms with Gasteiger partial charge in [-0.05, 0) is 40.0 Å². The Morgan fingerprint density at radius 3 is 2.53 bits per heavy atom. The number of rotatable bonds is 2. The van der Waals surface area contributed by atoms with Crippen molar-refractivity contribution in [2.45, 2.75) is 57.6 Å². The number of carboxylic acid groups (broad SMARTS) is 1. The quantitative estimate of drug-likeness (QED) is 0.779. The van der Waals surface area contributed by atoms with Gasteiger partial charge in [0.25, 0.3) is 0 Å². The van der Waals surface area contributed by atoms with Crippen molar-refractivity contribution in [2.75, 3.05) is 6.54 Å². The number of terminal acetylenes is 1. The maximum Gasteiger partial charge on any atom is 0.411 e. The van der Waals surface area contributed by atoms with Gasteiger partial charge in [-0.3, -0.25) is 4.90 Å². The minimum Gasteiger partial charge on any atom is -0.479 e. The lowest BCUT2D eigenvalue weighted by Crippen LogP contribution is -2.60. The van der Waals surface area contributed by atoms with E-state index in [9.17, 15) is 14.7 Å². The summed E-state index contributed by atoms with van der Waals surface area (Å²) in [6, 6.07) is 0. The van der Waals surface area contributed by atoms with E-state index in [4.69, 9.17) is 11.2 Å². The number of hydrogen-bond donors (Lipinski definition) is 1. The van der Waals surface area contributed by atoms with Gasteiger partial charge >= 0.3 is 12.1 Å². The van der Waals surface area contributed by atoms with Crippen LogP contribution in [0.25, 0.3) is 0 Å². The zero-order chi connectivity index (χ0) is 14.7. The molecule has 0 aromatic carbocycles. The SMILES string of the molecule is C#CCC1(C(=O)O)CCCCN1C(=O)OC(C)(C)C. The second kappa shape index (κ2) is 5.52. The van der Waals surface area contributed by atoms with Crippen molar-refractivity contribution >= 4 is 12.1 Å². The van der Waals surface area contributed by atoms with Gasteiger partial charge in [-0.25, -0.2) is 9.59 Å². The average molecular weight is 267 g/mol. The monoisotopic (exact) mass is 267 g/mol. The van der Waals surface area contributed by atoms with Crippen LogP contribution < -0.4 is 0 Å². The highest BCUT2D eigenvalue weighted by atomic mass is 16.6. The first-order valence-electron chi connectivity index (χ1n) is 6.40. The highest BCUT2D eigenvalue weighted by Crippen LogP contribution is 2.33. The molecular weight excluding hydrogens is 246 g/mol. The van der Waals surface area contributed by atoms with Crippen molar-refractivity contribution in [3.63, 3.8) is 0 Å². The third-order valence-electron chi connectivity index (χ3n) is 3.15. The topological polar surface area (TPSA) is 66.8 Å². The van der Waals surface area contributed by atoms with Gasteiger partial charge in [0.15, 0.2) is 5.54 Å². The number of amides is 1. The van der Waals surface area contributed by atoms with Crippen molar-refractivity contribution in [3.8, 4) is 12.3 Å². The van der Waals surface area contributed by atoms with Crippen LogP contribution in [0.4, 0.5) is 4.79 Å². The molecule has 1 atom stereocenters. The normalized spacial score (nSPS) is 23.6. The van der Waals surface area contributed by atoms with Crippen molar-refractivity contribution in [1.29, 1.82) is 0 Å². The molecule has 0 aliphatic carbocycles. The molecule has 1 aliphatic heterocycles. The summed E-state index contributed by atoms with van der Waals surface area (Å²) in [6.45, 7) is 5.61. The molecule has 1 heterocycles. The maximum atomic E-state index is 12.2. The van der Waals surface area contributed by atoms with Crippen molar-refractivity contribution in [3.05, 3.63) is 0 Å². The van der Waals surface area contributed by atoms with Crippen LogP contribution in [0.15, 0.2) is 0 Å². The van der Waals surface area contributed by atoms with E-state index in [0.29, 0.717) is 13.0 Å². The van der Waals surface area contributed by atoms with Gasteiger partial charge in [0.05, 0.1) is 0 Å². The summed E-state index contributed by atoms with van der Waals surface area (Å²) < 4.78 is 5.28. The van der Waals surface area contributed by atoms with E-state index in [2.05, 4.69) is 5.92 Å². The van der Waals surface area contributed by atoms with Crippen LogP contribution >= 0.6 is 0 Å². The molecule has 1 saturated heterocycles. The molecule has 1 aliphatic rings. The maximum absolute atomic E-state index is 12.2. The highest BCUT2D eigenvalue weighted by molar-refractivity contribution is 5.85. The summed E-state index contributed by atoms with van der Waals surface area (Å²) in [5.41, 5.74) is -1.98. The zero-order valence-corrected chi connectivity index (χ0v) is 11.7. The van der Waals surface area contributed by atoms with Crippen LogP contribution in [0.2, 0.25) is 0 Å². The number of hydrogen-bond acceptors (Lipinski definition) is 3. The molecule has 0 saturated carbocycles. The molecule has 5 nitrogen and oxygen atoms in total. The lowest BCUT2D eigenvalue weighted by Gasteiger charge is -2.43. The van der Waals surface area contributed by atoms with E-state index in [1.165, 1.54) is 4.90 Å². The van der Waals surface area contributed by atoms with Crippen molar-refractivity contribution < 1.29 is 19.4 Å². The zero-order valence-electron chi connectivity index (χ0n) is 11.7. The predicted molar refractivity (Wildman–Crippen MR) is 70.6 cm³/mol. The van der Waals surface area contributed by atoms with Gasteiger partial charge in [-0.1, -0.05) is 0 Å². The third-order valence-corrected chi connectivity index (χ3v) is 3.15. The Labute approximate surface area is 113 Å². The van der Waals surface area contributed by atoms with Crippen LogP contribution in [-0.4, -0.2) is 39.8 Å². The van der Waals surface area contributed by atoms with E-state index in [1.807, 2.05) is 0 Å². The van der Waals surface area contributed by atoms with E-state index in [-0.39, 0.29) is 6.42 Å². The van der Waals surface area contributed by atoms with Gasteiger partial charge in [0, 0.05) is 13.0 Å². The van der Waals surface area contributed by atoms with Gasteiger partial charge in [-0.15, -0.1) is 12.3 Å². The first-order chi connectivity index (χ1) is 8.73. The molecule has 1 rings (SSSR count). The van der Waals surface area contributed by atoms with E-state index in [1.54, 1.807) is 20.8 Å². The molecule has 0 aromatic rings. The van der Waals surface area contributed by atoms with Gasteiger partial charge in [0.1, 0.15) is 5.60 Å². The fourth-order valence-corrected chi connectivity index (χ4v) is 2.27. The van der Waals surface area contributed by atoms with E-state index >= 15 is 0 Å². The Balaban J connectivity index is 3.03. The second-order valence-electron chi connectivity index (χ2n) is 5.81. The van der Waals surface area contributed by atoms with Crippen LogP contribution in [0.5, 0.6) is 0 Å². The highest BCUT2D eigenvalue weighted by Gasteiger charge is 2.48. The molecule has 1 amide bonds. The van der Waals surface area contributed by atoms with Crippen LogP contribution in [0.3, 0.4) is 0 Å². The number of carbonyl (C=O) groups is 2. The number of likely N-dealkylation sites (tertiary alicyclic amines) is 1. The Hall–Kier alpha value is -1.70. The van der Waals surface area contributed by atoms with Gasteiger partial charge < -0.3 is 9.84 Å². The molecule has 0 spiro atoms. The molecular formula is C14H21NO4. The molecule has 0 radical (unpaired) electrons. The Morgan fingerprint density at radius 2 is 2.05 bits per heavy atom. The number of nitrogens with zero attached hydrogens (tertiary/aromatic N) is 1. The molecule has 19 heavy (non-hydrogen) atoms. The first kappa shape index (κ1) is 15.4. The summed E-state index contributed by atoms with van der Waals surface area (Å²) in [5, 5.41) is 9.49. The predicted octanol–water partition coefficient (Wildman–Crippen LogP) is 2.25. The number of aliphatic carboxylic acids is 1. The van der Waals surface area contributed by atoms with Crippen LogP contribution in [-0.2, 0) is 9.53 Å². The molecule has 5 heteroatoms. The minimum atomic E-state index is -1.32. The number of ether oxygens (including phenoxy) is 1. The van der Waals surface area contributed by atoms with Crippen LogP contribution in [0.1, 0.15) is 46.5 Å². The van der Waals surface area contributed by atoms with Crippen molar-refractivity contribution in [1.82, 2.24) is 4.90 Å². The average Bonchev–Trinajstić information content (AvgIpc) is 2.27. The summed E-state index contributed by atoms with van der Waals surface area (Å²) >= 11 is 0. The molecule has 1 unspecified atom stereocenters. The lowest BCUT2D eigenvalue weighted by molar-refractivity contribution is -0.153. The standard InChI is InChI=1S/C14H21NO4/c1-5-8-14(11(16)17)9-6-7-10-15(14)12(18)19-13(2,3)4/h1H,6-10H2,2-4H3,(H,16,17). The largest absolute Gasteiger partial charge is 0.479 e. The fraction of sp³-hybridized carbons (Fsp3) is 0.714. The second-order valence-corrected chi connectivity index (χ2v) is 5.81. The fourth-order valence-electron chi connectivity index (χ4n) is 2.27. The molecule has 0 aromatic heterocycles. The number of piperidine rings is 1. The third kappa shape index (κ3) is 3.40. The van der Waals surface area contributed by atoms with Gasteiger partial charge in [-0.2, -0.15) is 0 Å². The van der Waals surface area contributed by atoms with E-state index in [0.717, 1.165) is 12.8 Å². The molecule has 1 N–H and O–H groups in total. The Kier molecular flexibility index (Phi) is 4.46. The minimum absolute atomic E-state index is 0.00156. The van der Waals surface area contributed by atoms with Crippen molar-refractivity contribution in [2.24, 2.45) is 0 Å². The van der Waals surface area contributed by atoms with Crippen LogP contribution in [0, 0.1) is 12.3 Å².